The number of halogens is 2. The van der Waals surface area contributed by atoms with Gasteiger partial charge in [-0.2, -0.15) is 0 Å². The van der Waals surface area contributed by atoms with Crippen LogP contribution in [0.25, 0.3) is 0 Å². The van der Waals surface area contributed by atoms with E-state index >= 15 is 0 Å². The third kappa shape index (κ3) is 6.27. The van der Waals surface area contributed by atoms with E-state index in [1.807, 2.05) is 24.3 Å². The zero-order chi connectivity index (χ0) is 16.8. The predicted molar refractivity (Wildman–Crippen MR) is 112 cm³/mol. The van der Waals surface area contributed by atoms with Crippen molar-refractivity contribution in [3.05, 3.63) is 34.9 Å². The van der Waals surface area contributed by atoms with Gasteiger partial charge in [0.15, 0.2) is 5.96 Å². The number of ether oxygens (including phenoxy) is 2. The summed E-state index contributed by atoms with van der Waals surface area (Å²) in [6, 6.07) is 8.10. The summed E-state index contributed by atoms with van der Waals surface area (Å²) in [4.78, 5) is 4.60. The molecule has 3 rings (SSSR count). The zero-order valence-electron chi connectivity index (χ0n) is 14.5. The molecule has 2 saturated heterocycles. The second kappa shape index (κ2) is 10.5. The molecule has 2 N–H and O–H groups in total. The number of nitrogens with one attached hydrogen (secondary N) is 2. The lowest BCUT2D eigenvalue weighted by atomic mass is 9.96. The van der Waals surface area contributed by atoms with Crippen molar-refractivity contribution in [1.29, 1.82) is 0 Å². The van der Waals surface area contributed by atoms with Crippen LogP contribution in [0.4, 0.5) is 0 Å². The summed E-state index contributed by atoms with van der Waals surface area (Å²) in [5.74, 6) is 0.855. The number of hydrogen-bond acceptors (Lipinski definition) is 3. The summed E-state index contributed by atoms with van der Waals surface area (Å²) < 4.78 is 11.6. The highest BCUT2D eigenvalue weighted by atomic mass is 127. The van der Waals surface area contributed by atoms with Gasteiger partial charge in [0.1, 0.15) is 0 Å². The second-order valence-electron chi connectivity index (χ2n) is 6.30. The summed E-state index contributed by atoms with van der Waals surface area (Å²) in [6.45, 7) is 4.72. The SMILES string of the molecule is CCNC(=NCCOCc1ccc(Cl)cc1)NC1CC2CCC1O2.I. The van der Waals surface area contributed by atoms with E-state index in [4.69, 9.17) is 21.1 Å². The third-order valence-electron chi connectivity index (χ3n) is 4.46. The van der Waals surface area contributed by atoms with Crippen molar-refractivity contribution in [2.24, 2.45) is 4.99 Å². The minimum Gasteiger partial charge on any atom is -0.375 e. The van der Waals surface area contributed by atoms with Gasteiger partial charge in [-0.1, -0.05) is 23.7 Å². The van der Waals surface area contributed by atoms with E-state index in [1.165, 1.54) is 6.42 Å². The van der Waals surface area contributed by atoms with E-state index in [1.54, 1.807) is 0 Å². The number of hydrogen-bond donors (Lipinski definition) is 2. The summed E-state index contributed by atoms with van der Waals surface area (Å²) in [7, 11) is 0. The van der Waals surface area contributed by atoms with Gasteiger partial charge in [-0.25, -0.2) is 0 Å². The maximum atomic E-state index is 5.88. The van der Waals surface area contributed by atoms with Crippen LogP contribution in [0.5, 0.6) is 0 Å². The summed E-state index contributed by atoms with van der Waals surface area (Å²) in [5.41, 5.74) is 1.12. The van der Waals surface area contributed by atoms with Gasteiger partial charge in [-0.05, 0) is 43.9 Å². The fourth-order valence-electron chi connectivity index (χ4n) is 3.28. The van der Waals surface area contributed by atoms with E-state index in [-0.39, 0.29) is 24.0 Å². The molecule has 1 aromatic carbocycles. The molecule has 2 heterocycles. The lowest BCUT2D eigenvalue weighted by molar-refractivity contribution is 0.0992. The number of fused-ring (bicyclic) bond motifs is 2. The molecule has 0 aliphatic carbocycles. The van der Waals surface area contributed by atoms with Gasteiger partial charge in [0, 0.05) is 11.6 Å². The van der Waals surface area contributed by atoms with Gasteiger partial charge in [0.05, 0.1) is 38.0 Å². The Balaban J connectivity index is 0.00000225. The molecule has 3 atom stereocenters. The molecular weight excluding hydrogens is 453 g/mol. The number of guanidine groups is 1. The molecule has 0 spiro atoms. The summed E-state index contributed by atoms with van der Waals surface area (Å²) >= 11 is 5.87. The van der Waals surface area contributed by atoms with Crippen LogP contribution >= 0.6 is 35.6 Å². The van der Waals surface area contributed by atoms with Crippen molar-refractivity contribution in [3.63, 3.8) is 0 Å². The Labute approximate surface area is 171 Å². The molecule has 0 saturated carbocycles. The number of nitrogens with zero attached hydrogens (tertiary/aromatic N) is 1. The minimum atomic E-state index is 0. The standard InChI is InChI=1S/C18H26ClN3O2.HI/c1-2-20-18(22-16-11-15-7-8-17(16)24-15)21-9-10-23-12-13-3-5-14(19)6-4-13;/h3-6,15-17H,2,7-12H2,1H3,(H2,20,21,22);1H. The Morgan fingerprint density at radius 2 is 2.12 bits per heavy atom. The van der Waals surface area contributed by atoms with E-state index in [9.17, 15) is 0 Å². The smallest absolute Gasteiger partial charge is 0.191 e. The van der Waals surface area contributed by atoms with E-state index in [0.29, 0.717) is 38.0 Å². The number of rotatable bonds is 7. The third-order valence-corrected chi connectivity index (χ3v) is 4.71. The van der Waals surface area contributed by atoms with Crippen LogP contribution in [0.1, 0.15) is 31.7 Å². The molecule has 1 aromatic rings. The van der Waals surface area contributed by atoms with Crippen LogP contribution in [0, 0.1) is 0 Å². The van der Waals surface area contributed by atoms with Gasteiger partial charge in [-0.3, -0.25) is 4.99 Å². The minimum absolute atomic E-state index is 0. The number of benzene rings is 1. The van der Waals surface area contributed by atoms with Crippen LogP contribution in [0.3, 0.4) is 0 Å². The summed E-state index contributed by atoms with van der Waals surface area (Å²) in [5, 5.41) is 7.55. The topological polar surface area (TPSA) is 54.9 Å². The molecule has 0 aromatic heterocycles. The number of aliphatic imine (C=N–C) groups is 1. The van der Waals surface area contributed by atoms with Crippen molar-refractivity contribution < 1.29 is 9.47 Å². The molecule has 2 fully saturated rings. The molecular formula is C18H27ClIN3O2. The van der Waals surface area contributed by atoms with Crippen molar-refractivity contribution in [3.8, 4) is 0 Å². The normalized spacial score (nSPS) is 24.9. The average molecular weight is 480 g/mol. The molecule has 0 amide bonds. The Morgan fingerprint density at radius 3 is 2.76 bits per heavy atom. The molecule has 2 aliphatic rings. The van der Waals surface area contributed by atoms with Gasteiger partial charge < -0.3 is 20.1 Å². The van der Waals surface area contributed by atoms with Gasteiger partial charge >= 0.3 is 0 Å². The van der Waals surface area contributed by atoms with Gasteiger partial charge in [0.2, 0.25) is 0 Å². The maximum Gasteiger partial charge on any atom is 0.191 e. The average Bonchev–Trinajstić information content (AvgIpc) is 3.19. The van der Waals surface area contributed by atoms with Crippen LogP contribution in [-0.2, 0) is 16.1 Å². The molecule has 3 unspecified atom stereocenters. The van der Waals surface area contributed by atoms with Crippen molar-refractivity contribution >= 4 is 41.5 Å². The highest BCUT2D eigenvalue weighted by Crippen LogP contribution is 2.34. The molecule has 0 radical (unpaired) electrons. The van der Waals surface area contributed by atoms with Gasteiger partial charge in [0.25, 0.3) is 0 Å². The van der Waals surface area contributed by atoms with E-state index in [2.05, 4.69) is 22.5 Å². The first-order chi connectivity index (χ1) is 11.7. The van der Waals surface area contributed by atoms with Crippen LogP contribution in [0.15, 0.2) is 29.3 Å². The van der Waals surface area contributed by atoms with Crippen LogP contribution in [0.2, 0.25) is 5.02 Å². The fraction of sp³-hybridized carbons (Fsp3) is 0.611. The first-order valence-electron chi connectivity index (χ1n) is 8.77. The molecule has 5 nitrogen and oxygen atoms in total. The molecule has 25 heavy (non-hydrogen) atoms. The Kier molecular flexibility index (Phi) is 8.75. The predicted octanol–water partition coefficient (Wildman–Crippen LogP) is 3.35. The van der Waals surface area contributed by atoms with Crippen LogP contribution in [-0.4, -0.2) is 43.9 Å². The first kappa shape index (κ1) is 20.7. The van der Waals surface area contributed by atoms with Crippen LogP contribution < -0.4 is 10.6 Å². The summed E-state index contributed by atoms with van der Waals surface area (Å²) in [6.07, 6.45) is 4.24. The fourth-order valence-corrected chi connectivity index (χ4v) is 3.40. The highest BCUT2D eigenvalue weighted by molar-refractivity contribution is 14.0. The van der Waals surface area contributed by atoms with Gasteiger partial charge in [-0.15, -0.1) is 24.0 Å². The van der Waals surface area contributed by atoms with Crippen molar-refractivity contribution in [2.75, 3.05) is 19.7 Å². The highest BCUT2D eigenvalue weighted by Gasteiger charge is 2.41. The second-order valence-corrected chi connectivity index (χ2v) is 6.74. The lowest BCUT2D eigenvalue weighted by Crippen LogP contribution is -2.47. The molecule has 7 heteroatoms. The van der Waals surface area contributed by atoms with Crippen molar-refractivity contribution in [2.45, 2.75) is 51.0 Å². The molecule has 2 bridgehead atoms. The molecule has 2 aliphatic heterocycles. The first-order valence-corrected chi connectivity index (χ1v) is 9.15. The quantitative estimate of drug-likeness (QED) is 0.273. The lowest BCUT2D eigenvalue weighted by Gasteiger charge is -2.22. The molecule has 140 valence electrons. The maximum absolute atomic E-state index is 5.88. The van der Waals surface area contributed by atoms with Crippen molar-refractivity contribution in [1.82, 2.24) is 10.6 Å². The monoisotopic (exact) mass is 479 g/mol. The largest absolute Gasteiger partial charge is 0.375 e. The van der Waals surface area contributed by atoms with E-state index in [0.717, 1.165) is 35.9 Å². The van der Waals surface area contributed by atoms with E-state index < -0.39 is 0 Å². The zero-order valence-corrected chi connectivity index (χ0v) is 17.6. The Hall–Kier alpha value is -0.570. The Morgan fingerprint density at radius 1 is 1.32 bits per heavy atom. The Bertz CT molecular complexity index is 556.